The van der Waals surface area contributed by atoms with E-state index in [1.807, 2.05) is 4.90 Å². The summed E-state index contributed by atoms with van der Waals surface area (Å²) in [6.45, 7) is 5.02. The van der Waals surface area contributed by atoms with Crippen molar-refractivity contribution in [1.82, 2.24) is 10.2 Å². The van der Waals surface area contributed by atoms with Crippen molar-refractivity contribution in [3.63, 3.8) is 0 Å². The first-order valence-corrected chi connectivity index (χ1v) is 9.33. The molecule has 0 radical (unpaired) electrons. The Morgan fingerprint density at radius 2 is 2.00 bits per heavy atom. The number of halogens is 1. The van der Waals surface area contributed by atoms with Gasteiger partial charge in [-0.2, -0.15) is 0 Å². The van der Waals surface area contributed by atoms with Crippen LogP contribution in [0.4, 0.5) is 4.39 Å². The SMILES string of the molecule is CN=C(NCCc1ccc(F)cc1)N1CCS(=O)(=O)C(C)(C)C1. The van der Waals surface area contributed by atoms with Crippen LogP contribution in [0.5, 0.6) is 0 Å². The van der Waals surface area contributed by atoms with Gasteiger partial charge in [0.05, 0.1) is 10.5 Å². The van der Waals surface area contributed by atoms with Crippen molar-refractivity contribution >= 4 is 15.8 Å². The van der Waals surface area contributed by atoms with Gasteiger partial charge in [0.2, 0.25) is 0 Å². The maximum Gasteiger partial charge on any atom is 0.193 e. The Morgan fingerprint density at radius 3 is 2.57 bits per heavy atom. The molecule has 1 fully saturated rings. The van der Waals surface area contributed by atoms with Crippen molar-refractivity contribution in [2.45, 2.75) is 25.0 Å². The summed E-state index contributed by atoms with van der Waals surface area (Å²) in [6.07, 6.45) is 0.745. The number of hydrogen-bond donors (Lipinski definition) is 1. The fourth-order valence-corrected chi connectivity index (χ4v) is 3.99. The number of guanidine groups is 1. The van der Waals surface area contributed by atoms with Crippen molar-refractivity contribution in [1.29, 1.82) is 0 Å². The third-order valence-electron chi connectivity index (χ3n) is 4.16. The van der Waals surface area contributed by atoms with Crippen molar-refractivity contribution < 1.29 is 12.8 Å². The quantitative estimate of drug-likeness (QED) is 0.668. The Bertz CT molecular complexity index is 669. The Hall–Kier alpha value is -1.63. The molecular weight excluding hydrogens is 317 g/mol. The summed E-state index contributed by atoms with van der Waals surface area (Å²) in [5.41, 5.74) is 1.04. The highest BCUT2D eigenvalue weighted by Crippen LogP contribution is 2.23. The van der Waals surface area contributed by atoms with Crippen LogP contribution in [-0.2, 0) is 16.3 Å². The van der Waals surface area contributed by atoms with E-state index in [9.17, 15) is 12.8 Å². The molecule has 1 saturated heterocycles. The van der Waals surface area contributed by atoms with E-state index in [2.05, 4.69) is 10.3 Å². The minimum Gasteiger partial charge on any atom is -0.356 e. The molecule has 0 atom stereocenters. The Kier molecular flexibility index (Phi) is 5.29. The van der Waals surface area contributed by atoms with Gasteiger partial charge in [0.15, 0.2) is 15.8 Å². The Morgan fingerprint density at radius 1 is 1.35 bits per heavy atom. The van der Waals surface area contributed by atoms with Crippen LogP contribution in [0, 0.1) is 5.82 Å². The predicted octanol–water partition coefficient (Wildman–Crippen LogP) is 1.45. The standard InChI is InChI=1S/C16H24FN3O2S/c1-16(2)12-20(10-11-23(16,21)22)15(18-3)19-9-8-13-4-6-14(17)7-5-13/h4-7H,8-12H2,1-3H3,(H,18,19). The molecule has 128 valence electrons. The lowest BCUT2D eigenvalue weighted by Crippen LogP contribution is -2.57. The first-order chi connectivity index (χ1) is 10.7. The molecule has 1 aliphatic rings. The monoisotopic (exact) mass is 341 g/mol. The van der Waals surface area contributed by atoms with Gasteiger partial charge in [0, 0.05) is 26.7 Å². The fourth-order valence-electron chi connectivity index (χ4n) is 2.63. The Labute approximate surface area is 137 Å². The van der Waals surface area contributed by atoms with E-state index in [0.29, 0.717) is 25.6 Å². The van der Waals surface area contributed by atoms with Gasteiger partial charge in [-0.1, -0.05) is 12.1 Å². The highest BCUT2D eigenvalue weighted by molar-refractivity contribution is 7.92. The maximum atomic E-state index is 12.9. The van der Waals surface area contributed by atoms with E-state index >= 15 is 0 Å². The van der Waals surface area contributed by atoms with Gasteiger partial charge in [-0.3, -0.25) is 4.99 Å². The topological polar surface area (TPSA) is 61.8 Å². The molecule has 0 aromatic heterocycles. The summed E-state index contributed by atoms with van der Waals surface area (Å²) in [5, 5.41) is 3.25. The molecule has 7 heteroatoms. The maximum absolute atomic E-state index is 12.9. The summed E-state index contributed by atoms with van der Waals surface area (Å²) in [7, 11) is -1.37. The van der Waals surface area contributed by atoms with Gasteiger partial charge < -0.3 is 10.2 Å². The second kappa shape index (κ2) is 6.86. The summed E-state index contributed by atoms with van der Waals surface area (Å²) in [5.74, 6) is 0.600. The molecule has 1 heterocycles. The average molecular weight is 341 g/mol. The van der Waals surface area contributed by atoms with Crippen molar-refractivity contribution in [2.24, 2.45) is 4.99 Å². The van der Waals surface area contributed by atoms with Crippen LogP contribution in [-0.4, -0.2) is 56.5 Å². The van der Waals surface area contributed by atoms with Crippen molar-refractivity contribution in [3.05, 3.63) is 35.6 Å². The third kappa shape index (κ3) is 4.22. The van der Waals surface area contributed by atoms with Gasteiger partial charge in [-0.15, -0.1) is 0 Å². The highest BCUT2D eigenvalue weighted by atomic mass is 32.2. The zero-order valence-electron chi connectivity index (χ0n) is 13.8. The zero-order chi connectivity index (χ0) is 17.1. The molecule has 0 spiro atoms. The number of nitrogens with zero attached hydrogens (tertiary/aromatic N) is 2. The van der Waals surface area contributed by atoms with Crippen LogP contribution in [0.3, 0.4) is 0 Å². The minimum atomic E-state index is -3.06. The largest absolute Gasteiger partial charge is 0.356 e. The predicted molar refractivity (Wildman–Crippen MR) is 90.9 cm³/mol. The molecule has 5 nitrogen and oxygen atoms in total. The lowest BCUT2D eigenvalue weighted by atomic mass is 10.1. The number of sulfone groups is 1. The number of hydrogen-bond acceptors (Lipinski definition) is 3. The van der Waals surface area contributed by atoms with Crippen LogP contribution < -0.4 is 5.32 Å². The molecule has 0 unspecified atom stereocenters. The molecule has 1 aromatic rings. The molecule has 1 aliphatic heterocycles. The molecule has 1 aromatic carbocycles. The zero-order valence-corrected chi connectivity index (χ0v) is 14.7. The van der Waals surface area contributed by atoms with E-state index in [-0.39, 0.29) is 11.6 Å². The van der Waals surface area contributed by atoms with Crippen molar-refractivity contribution in [3.8, 4) is 0 Å². The molecular formula is C16H24FN3O2S. The first kappa shape index (κ1) is 17.7. The van der Waals surface area contributed by atoms with Crippen LogP contribution in [0.15, 0.2) is 29.3 Å². The molecule has 0 amide bonds. The minimum absolute atomic E-state index is 0.138. The fraction of sp³-hybridized carbons (Fsp3) is 0.562. The molecule has 0 aliphatic carbocycles. The third-order valence-corrected chi connectivity index (χ3v) is 6.70. The van der Waals surface area contributed by atoms with E-state index in [1.165, 1.54) is 12.1 Å². The van der Waals surface area contributed by atoms with Crippen LogP contribution in [0.1, 0.15) is 19.4 Å². The number of nitrogens with one attached hydrogen (secondary N) is 1. The van der Waals surface area contributed by atoms with E-state index in [1.54, 1.807) is 33.0 Å². The first-order valence-electron chi connectivity index (χ1n) is 7.67. The second-order valence-electron chi connectivity index (χ2n) is 6.35. The number of aliphatic imine (C=N–C) groups is 1. The van der Waals surface area contributed by atoms with Crippen LogP contribution >= 0.6 is 0 Å². The smallest absolute Gasteiger partial charge is 0.193 e. The second-order valence-corrected chi connectivity index (χ2v) is 9.09. The normalized spacial score (nSPS) is 20.3. The van der Waals surface area contributed by atoms with Gasteiger partial charge >= 0.3 is 0 Å². The summed E-state index contributed by atoms with van der Waals surface area (Å²) in [4.78, 5) is 6.22. The van der Waals surface area contributed by atoms with Gasteiger partial charge in [-0.05, 0) is 38.0 Å². The van der Waals surface area contributed by atoms with E-state index in [0.717, 1.165) is 12.0 Å². The Balaban J connectivity index is 1.92. The lowest BCUT2D eigenvalue weighted by molar-refractivity contribution is 0.353. The number of rotatable bonds is 3. The van der Waals surface area contributed by atoms with Gasteiger partial charge in [0.1, 0.15) is 5.82 Å². The summed E-state index contributed by atoms with van der Waals surface area (Å²) >= 11 is 0. The molecule has 0 saturated carbocycles. The average Bonchev–Trinajstić information content (AvgIpc) is 2.49. The summed E-state index contributed by atoms with van der Waals surface area (Å²) in [6, 6.07) is 6.41. The molecule has 1 N–H and O–H groups in total. The van der Waals surface area contributed by atoms with E-state index < -0.39 is 14.6 Å². The highest BCUT2D eigenvalue weighted by Gasteiger charge is 2.40. The number of benzene rings is 1. The molecule has 23 heavy (non-hydrogen) atoms. The van der Waals surface area contributed by atoms with E-state index in [4.69, 9.17) is 0 Å². The van der Waals surface area contributed by atoms with Crippen LogP contribution in [0.25, 0.3) is 0 Å². The summed E-state index contributed by atoms with van der Waals surface area (Å²) < 4.78 is 36.2. The molecule has 0 bridgehead atoms. The van der Waals surface area contributed by atoms with Gasteiger partial charge in [0.25, 0.3) is 0 Å². The van der Waals surface area contributed by atoms with Crippen molar-refractivity contribution in [2.75, 3.05) is 32.4 Å². The van der Waals surface area contributed by atoms with Gasteiger partial charge in [-0.25, -0.2) is 12.8 Å². The lowest BCUT2D eigenvalue weighted by Gasteiger charge is -2.39. The molecule has 2 rings (SSSR count). The van der Waals surface area contributed by atoms with Crippen LogP contribution in [0.2, 0.25) is 0 Å².